The molecule has 1 saturated carbocycles. The van der Waals surface area contributed by atoms with E-state index < -0.39 is 0 Å². The highest BCUT2D eigenvalue weighted by molar-refractivity contribution is 5.13. The Morgan fingerprint density at radius 3 is 2.78 bits per heavy atom. The third-order valence-electron chi connectivity index (χ3n) is 5.16. The molecule has 124 valence electrons. The maximum absolute atomic E-state index is 6.00. The fraction of sp³-hybridized carbons (Fsp3) is 0.524. The van der Waals surface area contributed by atoms with Gasteiger partial charge >= 0.3 is 0 Å². The molecule has 2 nitrogen and oxygen atoms in total. The summed E-state index contributed by atoms with van der Waals surface area (Å²) in [5.41, 5.74) is 1.21. The van der Waals surface area contributed by atoms with E-state index in [9.17, 15) is 0 Å². The molecular formula is C21H28O2. The van der Waals surface area contributed by atoms with Crippen LogP contribution in [-0.2, 0) is 16.1 Å². The summed E-state index contributed by atoms with van der Waals surface area (Å²) in [6, 6.07) is 10.3. The molecule has 1 heterocycles. The van der Waals surface area contributed by atoms with E-state index in [0.717, 1.165) is 18.9 Å². The van der Waals surface area contributed by atoms with Crippen molar-refractivity contribution in [1.29, 1.82) is 0 Å². The molecule has 3 rings (SSSR count). The molecule has 0 aromatic heterocycles. The fourth-order valence-corrected chi connectivity index (χ4v) is 3.96. The summed E-state index contributed by atoms with van der Waals surface area (Å²) in [6.45, 7) is 3.71. The summed E-state index contributed by atoms with van der Waals surface area (Å²) in [6.07, 6.45) is 14.1. The van der Waals surface area contributed by atoms with Crippen molar-refractivity contribution in [3.05, 3.63) is 60.4 Å². The first kappa shape index (κ1) is 16.3. The quantitative estimate of drug-likeness (QED) is 0.555. The number of ether oxygens (including phenoxy) is 2. The van der Waals surface area contributed by atoms with Gasteiger partial charge in [-0.05, 0) is 62.0 Å². The van der Waals surface area contributed by atoms with E-state index in [4.69, 9.17) is 9.47 Å². The predicted molar refractivity (Wildman–Crippen MR) is 93.9 cm³/mol. The molecule has 2 aliphatic rings. The van der Waals surface area contributed by atoms with Gasteiger partial charge in [-0.15, -0.1) is 0 Å². The van der Waals surface area contributed by atoms with Crippen molar-refractivity contribution in [3.63, 3.8) is 0 Å². The van der Waals surface area contributed by atoms with E-state index in [0.29, 0.717) is 24.5 Å². The fourth-order valence-electron chi connectivity index (χ4n) is 3.96. The van der Waals surface area contributed by atoms with Gasteiger partial charge in [0.2, 0.25) is 0 Å². The molecule has 0 radical (unpaired) electrons. The summed E-state index contributed by atoms with van der Waals surface area (Å²) in [5.74, 6) is 1.88. The Morgan fingerprint density at radius 2 is 1.96 bits per heavy atom. The molecule has 0 N–H and O–H groups in total. The first-order valence-electron chi connectivity index (χ1n) is 8.93. The second-order valence-electron chi connectivity index (χ2n) is 6.76. The molecule has 2 unspecified atom stereocenters. The van der Waals surface area contributed by atoms with Crippen molar-refractivity contribution in [2.24, 2.45) is 17.8 Å². The monoisotopic (exact) mass is 312 g/mol. The molecule has 4 atom stereocenters. The average Bonchev–Trinajstić information content (AvgIpc) is 2.60. The molecule has 1 saturated heterocycles. The van der Waals surface area contributed by atoms with Gasteiger partial charge in [-0.1, -0.05) is 42.5 Å². The van der Waals surface area contributed by atoms with Crippen LogP contribution in [0.3, 0.4) is 0 Å². The maximum Gasteiger partial charge on any atom is 0.112 e. The van der Waals surface area contributed by atoms with Gasteiger partial charge in [0.1, 0.15) is 6.61 Å². The third kappa shape index (κ3) is 4.48. The lowest BCUT2D eigenvalue weighted by molar-refractivity contribution is -0.0638. The summed E-state index contributed by atoms with van der Waals surface area (Å²) in [4.78, 5) is 0. The summed E-state index contributed by atoms with van der Waals surface area (Å²) in [7, 11) is 0. The minimum atomic E-state index is 0.472. The molecule has 0 amide bonds. The first-order valence-corrected chi connectivity index (χ1v) is 8.93. The standard InChI is InChI=1S/C21H28O2/c1-2-7-18-15-21-20(10-6-12-23-21)14-19(18)11-13-22-16-17-8-4-3-5-9-17/h2-5,7-9,11,13,18-21H,6,10,12,14-16H2,1H3/b7-2-,13-11+/t18?,19?,20-,21+/m1/s1. The Kier molecular flexibility index (Phi) is 5.93. The third-order valence-corrected chi connectivity index (χ3v) is 5.16. The number of rotatable bonds is 5. The van der Waals surface area contributed by atoms with E-state index in [1.165, 1.54) is 24.8 Å². The van der Waals surface area contributed by atoms with Gasteiger partial charge < -0.3 is 9.47 Å². The van der Waals surface area contributed by atoms with E-state index in [1.54, 1.807) is 0 Å². The molecule has 2 fully saturated rings. The van der Waals surface area contributed by atoms with Crippen LogP contribution in [0.4, 0.5) is 0 Å². The summed E-state index contributed by atoms with van der Waals surface area (Å²) >= 11 is 0. The van der Waals surface area contributed by atoms with Crippen molar-refractivity contribution in [2.75, 3.05) is 6.61 Å². The molecule has 1 aromatic carbocycles. The Labute approximate surface area is 140 Å². The van der Waals surface area contributed by atoms with Crippen LogP contribution in [0.25, 0.3) is 0 Å². The highest BCUT2D eigenvalue weighted by Crippen LogP contribution is 2.41. The summed E-state index contributed by atoms with van der Waals surface area (Å²) < 4.78 is 11.8. The highest BCUT2D eigenvalue weighted by Gasteiger charge is 2.36. The van der Waals surface area contributed by atoms with Gasteiger partial charge in [-0.2, -0.15) is 0 Å². The van der Waals surface area contributed by atoms with Gasteiger partial charge in [0.25, 0.3) is 0 Å². The number of hydrogen-bond donors (Lipinski definition) is 0. The Hall–Kier alpha value is -1.54. The smallest absolute Gasteiger partial charge is 0.112 e. The van der Waals surface area contributed by atoms with Crippen LogP contribution >= 0.6 is 0 Å². The van der Waals surface area contributed by atoms with Gasteiger partial charge in [0.05, 0.1) is 12.4 Å². The highest BCUT2D eigenvalue weighted by atomic mass is 16.5. The lowest BCUT2D eigenvalue weighted by Crippen LogP contribution is -2.38. The van der Waals surface area contributed by atoms with Gasteiger partial charge in [-0.3, -0.25) is 0 Å². The van der Waals surface area contributed by atoms with Gasteiger partial charge in [-0.25, -0.2) is 0 Å². The largest absolute Gasteiger partial charge is 0.497 e. The maximum atomic E-state index is 6.00. The van der Waals surface area contributed by atoms with E-state index in [-0.39, 0.29) is 0 Å². The van der Waals surface area contributed by atoms with Crippen molar-refractivity contribution in [2.45, 2.75) is 45.3 Å². The number of fused-ring (bicyclic) bond motifs is 1. The molecule has 2 heteroatoms. The minimum Gasteiger partial charge on any atom is -0.497 e. The van der Waals surface area contributed by atoms with Crippen LogP contribution in [-0.4, -0.2) is 12.7 Å². The van der Waals surface area contributed by atoms with Crippen LogP contribution in [0.2, 0.25) is 0 Å². The van der Waals surface area contributed by atoms with Crippen LogP contribution in [0, 0.1) is 17.8 Å². The predicted octanol–water partition coefficient (Wildman–Crippen LogP) is 5.11. The SMILES string of the molecule is C/C=C\C1C[C@@H]2OCCC[C@@H]2CC1/C=C/OCc1ccccc1. The van der Waals surface area contributed by atoms with E-state index in [2.05, 4.69) is 49.4 Å². The zero-order chi connectivity index (χ0) is 15.9. The number of hydrogen-bond acceptors (Lipinski definition) is 2. The lowest BCUT2D eigenvalue weighted by Gasteiger charge is -2.42. The number of allylic oxidation sites excluding steroid dienone is 3. The molecule has 0 bridgehead atoms. The topological polar surface area (TPSA) is 18.5 Å². The Balaban J connectivity index is 1.56. The Morgan fingerprint density at radius 1 is 1.13 bits per heavy atom. The second kappa shape index (κ2) is 8.35. The van der Waals surface area contributed by atoms with E-state index in [1.807, 2.05) is 12.3 Å². The van der Waals surface area contributed by atoms with Crippen LogP contribution < -0.4 is 0 Å². The zero-order valence-electron chi connectivity index (χ0n) is 14.1. The summed E-state index contributed by atoms with van der Waals surface area (Å²) in [5, 5.41) is 0. The number of benzene rings is 1. The van der Waals surface area contributed by atoms with Crippen LogP contribution in [0.15, 0.2) is 54.8 Å². The zero-order valence-corrected chi connectivity index (χ0v) is 14.1. The van der Waals surface area contributed by atoms with Crippen molar-refractivity contribution < 1.29 is 9.47 Å². The molecule has 23 heavy (non-hydrogen) atoms. The average molecular weight is 312 g/mol. The minimum absolute atomic E-state index is 0.472. The van der Waals surface area contributed by atoms with Crippen LogP contribution in [0.1, 0.15) is 38.2 Å². The van der Waals surface area contributed by atoms with Crippen molar-refractivity contribution >= 4 is 0 Å². The molecule has 0 spiro atoms. The van der Waals surface area contributed by atoms with Crippen LogP contribution in [0.5, 0.6) is 0 Å². The molecule has 1 aliphatic carbocycles. The van der Waals surface area contributed by atoms with Gasteiger partial charge in [0, 0.05) is 6.61 Å². The molecule has 1 aliphatic heterocycles. The van der Waals surface area contributed by atoms with Crippen molar-refractivity contribution in [3.8, 4) is 0 Å². The molecular weight excluding hydrogens is 284 g/mol. The van der Waals surface area contributed by atoms with E-state index >= 15 is 0 Å². The van der Waals surface area contributed by atoms with Crippen molar-refractivity contribution in [1.82, 2.24) is 0 Å². The Bertz CT molecular complexity index is 520. The lowest BCUT2D eigenvalue weighted by atomic mass is 9.70. The second-order valence-corrected chi connectivity index (χ2v) is 6.76. The molecule has 1 aromatic rings. The normalized spacial score (nSPS) is 31.3. The first-order chi connectivity index (χ1) is 11.4. The van der Waals surface area contributed by atoms with Gasteiger partial charge in [0.15, 0.2) is 0 Å².